The van der Waals surface area contributed by atoms with Crippen LogP contribution in [0.4, 0.5) is 0 Å². The van der Waals surface area contributed by atoms with Crippen molar-refractivity contribution in [3.8, 4) is 0 Å². The molecule has 2 heteroatoms. The third kappa shape index (κ3) is 2.18. The molecule has 0 spiro atoms. The Morgan fingerprint density at radius 1 is 1.25 bits per heavy atom. The van der Waals surface area contributed by atoms with E-state index in [2.05, 4.69) is 39.0 Å². The smallest absolute Gasteiger partial charge is 0.306 e. The monoisotopic (exact) mass is 324 g/mol. The lowest BCUT2D eigenvalue weighted by molar-refractivity contribution is -0.143. The molecule has 1 aromatic carbocycles. The second kappa shape index (κ2) is 5.47. The van der Waals surface area contributed by atoms with Crippen molar-refractivity contribution in [3.05, 3.63) is 46.0 Å². The minimum atomic E-state index is -0.611. The second-order valence-electron chi connectivity index (χ2n) is 8.49. The molecule has 0 heterocycles. The number of aliphatic carboxylic acids is 1. The summed E-state index contributed by atoms with van der Waals surface area (Å²) in [5, 5.41) is 9.40. The summed E-state index contributed by atoms with van der Waals surface area (Å²) in [5.41, 5.74) is 7.72. The van der Waals surface area contributed by atoms with E-state index in [9.17, 15) is 9.90 Å². The third-order valence-corrected chi connectivity index (χ3v) is 7.49. The van der Waals surface area contributed by atoms with Crippen molar-refractivity contribution in [2.45, 2.75) is 65.2 Å². The molecule has 2 nitrogen and oxygen atoms in total. The van der Waals surface area contributed by atoms with E-state index in [1.54, 1.807) is 11.1 Å². The summed E-state index contributed by atoms with van der Waals surface area (Å²) in [6.07, 6.45) is 8.60. The quantitative estimate of drug-likeness (QED) is 0.724. The maximum atomic E-state index is 11.4. The normalized spacial score (nSPS) is 34.6. The number of hydrogen-bond donors (Lipinski definition) is 1. The van der Waals surface area contributed by atoms with E-state index >= 15 is 0 Å². The van der Waals surface area contributed by atoms with E-state index < -0.39 is 5.97 Å². The van der Waals surface area contributed by atoms with Gasteiger partial charge in [0.25, 0.3) is 0 Å². The third-order valence-electron chi connectivity index (χ3n) is 7.49. The van der Waals surface area contributed by atoms with E-state index in [4.69, 9.17) is 0 Å². The summed E-state index contributed by atoms with van der Waals surface area (Å²) in [6, 6.07) is 4.67. The number of carboxylic acid groups (broad SMARTS) is 1. The molecule has 0 unspecified atom stereocenters. The maximum Gasteiger partial charge on any atom is 0.306 e. The predicted octanol–water partition coefficient (Wildman–Crippen LogP) is 5.17. The molecule has 1 N–H and O–H groups in total. The lowest BCUT2D eigenvalue weighted by Crippen LogP contribution is -2.43. The number of benzene rings is 1. The Morgan fingerprint density at radius 2 is 2.04 bits per heavy atom. The number of fused-ring (bicyclic) bond motifs is 5. The van der Waals surface area contributed by atoms with Gasteiger partial charge in [0.05, 0.1) is 5.92 Å². The molecule has 128 valence electrons. The van der Waals surface area contributed by atoms with Crippen LogP contribution >= 0.6 is 0 Å². The summed E-state index contributed by atoms with van der Waals surface area (Å²) >= 11 is 0. The first-order valence-electron chi connectivity index (χ1n) is 9.43. The van der Waals surface area contributed by atoms with Crippen molar-refractivity contribution in [2.24, 2.45) is 17.3 Å². The molecule has 0 saturated heterocycles. The zero-order valence-electron chi connectivity index (χ0n) is 15.1. The van der Waals surface area contributed by atoms with Crippen LogP contribution in [0.15, 0.2) is 23.8 Å². The van der Waals surface area contributed by atoms with E-state index in [1.807, 2.05) is 0 Å². The Morgan fingerprint density at radius 3 is 2.79 bits per heavy atom. The van der Waals surface area contributed by atoms with Gasteiger partial charge >= 0.3 is 5.97 Å². The predicted molar refractivity (Wildman–Crippen MR) is 96.3 cm³/mol. The zero-order chi connectivity index (χ0) is 17.1. The average Bonchev–Trinajstić information content (AvgIpc) is 2.56. The Hall–Kier alpha value is -1.57. The van der Waals surface area contributed by atoms with Gasteiger partial charge in [0.1, 0.15) is 0 Å². The highest BCUT2D eigenvalue weighted by Gasteiger charge is 2.49. The molecule has 0 aromatic heterocycles. The zero-order valence-corrected chi connectivity index (χ0v) is 15.1. The van der Waals surface area contributed by atoms with Gasteiger partial charge in [0, 0.05) is 0 Å². The van der Waals surface area contributed by atoms with Crippen LogP contribution in [-0.4, -0.2) is 11.1 Å². The molecule has 1 aromatic rings. The first-order chi connectivity index (χ1) is 11.4. The Bertz CT molecular complexity index is 730. The van der Waals surface area contributed by atoms with Crippen molar-refractivity contribution in [1.82, 2.24) is 0 Å². The maximum absolute atomic E-state index is 11.4. The lowest BCUT2D eigenvalue weighted by atomic mass is 9.52. The minimum Gasteiger partial charge on any atom is -0.481 e. The second-order valence-corrected chi connectivity index (χ2v) is 8.49. The van der Waals surface area contributed by atoms with Crippen molar-refractivity contribution in [2.75, 3.05) is 0 Å². The fourth-order valence-electron chi connectivity index (χ4n) is 5.80. The standard InChI is InChI=1S/C22H28O2/c1-13-4-6-18-17(14(13)2)8-9-20-19(18)7-5-16-12-15(21(23)24)10-11-22(16,20)3/h4-6,15,19-20H,7-12H2,1-3H3,(H,23,24)/t15-,19-,20-,22-/m1/s1. The number of carboxylic acids is 1. The van der Waals surface area contributed by atoms with Crippen LogP contribution in [0.3, 0.4) is 0 Å². The molecular weight excluding hydrogens is 296 g/mol. The Labute approximate surface area is 145 Å². The molecule has 0 radical (unpaired) electrons. The highest BCUT2D eigenvalue weighted by atomic mass is 16.4. The fourth-order valence-corrected chi connectivity index (χ4v) is 5.80. The molecule has 3 aliphatic rings. The number of hydrogen-bond acceptors (Lipinski definition) is 1. The topological polar surface area (TPSA) is 37.3 Å². The van der Waals surface area contributed by atoms with Gasteiger partial charge in [0.15, 0.2) is 0 Å². The number of carbonyl (C=O) groups is 1. The van der Waals surface area contributed by atoms with E-state index in [0.29, 0.717) is 11.8 Å². The van der Waals surface area contributed by atoms with Crippen molar-refractivity contribution < 1.29 is 9.90 Å². The van der Waals surface area contributed by atoms with Crippen LogP contribution in [-0.2, 0) is 11.2 Å². The number of rotatable bonds is 1. The first kappa shape index (κ1) is 15.9. The summed E-state index contributed by atoms with van der Waals surface area (Å²) < 4.78 is 0. The van der Waals surface area contributed by atoms with Crippen LogP contribution in [0, 0.1) is 31.1 Å². The molecule has 0 aliphatic heterocycles. The van der Waals surface area contributed by atoms with E-state index in [1.165, 1.54) is 29.5 Å². The van der Waals surface area contributed by atoms with Gasteiger partial charge in [-0.25, -0.2) is 0 Å². The molecule has 1 fully saturated rings. The summed E-state index contributed by atoms with van der Waals surface area (Å²) in [7, 11) is 0. The molecule has 24 heavy (non-hydrogen) atoms. The van der Waals surface area contributed by atoms with Gasteiger partial charge < -0.3 is 5.11 Å². The van der Waals surface area contributed by atoms with Gasteiger partial charge in [0.2, 0.25) is 0 Å². The van der Waals surface area contributed by atoms with Crippen molar-refractivity contribution in [3.63, 3.8) is 0 Å². The molecule has 1 saturated carbocycles. The number of allylic oxidation sites excluding steroid dienone is 2. The fraction of sp³-hybridized carbons (Fsp3) is 0.591. The first-order valence-corrected chi connectivity index (χ1v) is 9.43. The van der Waals surface area contributed by atoms with Crippen molar-refractivity contribution >= 4 is 5.97 Å². The molecule has 3 aliphatic carbocycles. The molecular formula is C22H28O2. The molecule has 4 rings (SSSR count). The summed E-state index contributed by atoms with van der Waals surface area (Å²) in [6.45, 7) is 6.91. The molecule has 0 bridgehead atoms. The number of aryl methyl sites for hydroxylation is 1. The largest absolute Gasteiger partial charge is 0.481 e. The van der Waals surface area contributed by atoms with Gasteiger partial charge in [-0.05, 0) is 91.9 Å². The van der Waals surface area contributed by atoms with Crippen LogP contribution in [0.5, 0.6) is 0 Å². The highest BCUT2D eigenvalue weighted by Crippen LogP contribution is 2.59. The van der Waals surface area contributed by atoms with Gasteiger partial charge in [-0.2, -0.15) is 0 Å². The van der Waals surface area contributed by atoms with Crippen LogP contribution in [0.1, 0.15) is 67.2 Å². The summed E-state index contributed by atoms with van der Waals surface area (Å²) in [5.74, 6) is 0.534. The minimum absolute atomic E-state index is 0.165. The van der Waals surface area contributed by atoms with Crippen LogP contribution in [0.2, 0.25) is 0 Å². The molecule has 0 amide bonds. The highest BCUT2D eigenvalue weighted by molar-refractivity contribution is 5.70. The van der Waals surface area contributed by atoms with Crippen LogP contribution < -0.4 is 0 Å². The van der Waals surface area contributed by atoms with Gasteiger partial charge in [-0.15, -0.1) is 0 Å². The molecule has 4 atom stereocenters. The summed E-state index contributed by atoms with van der Waals surface area (Å²) in [4.78, 5) is 11.4. The van der Waals surface area contributed by atoms with E-state index in [0.717, 1.165) is 25.7 Å². The van der Waals surface area contributed by atoms with Gasteiger partial charge in [-0.1, -0.05) is 30.7 Å². The SMILES string of the molecule is Cc1ccc2c(c1C)CC[C@@H]1[C@@H]2CC=C2C[C@H](C(=O)O)CC[C@]21C. The lowest BCUT2D eigenvalue weighted by Gasteiger charge is -2.52. The average molecular weight is 324 g/mol. The van der Waals surface area contributed by atoms with Crippen LogP contribution in [0.25, 0.3) is 0 Å². The Balaban J connectivity index is 1.72. The van der Waals surface area contributed by atoms with Gasteiger partial charge in [-0.3, -0.25) is 4.79 Å². The van der Waals surface area contributed by atoms with Crippen molar-refractivity contribution in [1.29, 1.82) is 0 Å². The Kier molecular flexibility index (Phi) is 3.63. The van der Waals surface area contributed by atoms with E-state index in [-0.39, 0.29) is 11.3 Å².